The molecule has 0 bridgehead atoms. The molecule has 1 fully saturated rings. The highest BCUT2D eigenvalue weighted by Crippen LogP contribution is 2.39. The van der Waals surface area contributed by atoms with Crippen molar-refractivity contribution in [2.75, 3.05) is 26.3 Å². The number of piperidine rings is 1. The van der Waals surface area contributed by atoms with Gasteiger partial charge < -0.3 is 14.4 Å². The molecule has 8 nitrogen and oxygen atoms in total. The van der Waals surface area contributed by atoms with Gasteiger partial charge in [-0.2, -0.15) is 0 Å². The monoisotopic (exact) mass is 483 g/mol. The van der Waals surface area contributed by atoms with E-state index in [0.29, 0.717) is 24.8 Å². The molecule has 2 aromatic carbocycles. The molecule has 3 heterocycles. The zero-order valence-corrected chi connectivity index (χ0v) is 19.3. The summed E-state index contributed by atoms with van der Waals surface area (Å²) in [5.41, 5.74) is 0.868. The van der Waals surface area contributed by atoms with Crippen molar-refractivity contribution >= 4 is 35.3 Å². The molecule has 2 aliphatic rings. The maximum atomic E-state index is 12.7. The van der Waals surface area contributed by atoms with Crippen LogP contribution in [0, 0.1) is 0 Å². The molecule has 1 atom stereocenters. The molecule has 1 saturated heterocycles. The number of halogens is 1. The van der Waals surface area contributed by atoms with E-state index in [-0.39, 0.29) is 11.8 Å². The number of nitrogens with zero attached hydrogens (tertiary/aromatic N) is 4. The maximum absolute atomic E-state index is 12.7. The number of fused-ring (bicyclic) bond motifs is 1. The third-order valence-electron chi connectivity index (χ3n) is 5.60. The summed E-state index contributed by atoms with van der Waals surface area (Å²) in [4.78, 5) is 16.5. The fourth-order valence-electron chi connectivity index (χ4n) is 3.93. The minimum atomic E-state index is -0.0296. The Balaban J connectivity index is 1.22. The number of rotatable bonds is 5. The van der Waals surface area contributed by atoms with Crippen molar-refractivity contribution in [3.63, 3.8) is 0 Å². The van der Waals surface area contributed by atoms with Gasteiger partial charge in [0, 0.05) is 34.9 Å². The van der Waals surface area contributed by atoms with Crippen molar-refractivity contribution < 1.29 is 14.3 Å². The number of amides is 1. The Bertz CT molecular complexity index is 1170. The van der Waals surface area contributed by atoms with Crippen molar-refractivity contribution in [3.8, 4) is 11.5 Å². The predicted molar refractivity (Wildman–Crippen MR) is 125 cm³/mol. The van der Waals surface area contributed by atoms with Gasteiger partial charge in [-0.25, -0.2) is 5.10 Å². The molecule has 1 unspecified atom stereocenters. The summed E-state index contributed by atoms with van der Waals surface area (Å²) in [6.07, 6.45) is 5.28. The van der Waals surface area contributed by atoms with Crippen molar-refractivity contribution in [2.45, 2.75) is 28.6 Å². The Morgan fingerprint density at radius 3 is 2.88 bits per heavy atom. The van der Waals surface area contributed by atoms with Gasteiger partial charge in [0.25, 0.3) is 0 Å². The summed E-state index contributed by atoms with van der Waals surface area (Å²) >= 11 is 8.09. The Labute approximate surface area is 200 Å². The van der Waals surface area contributed by atoms with Crippen LogP contribution in [0.5, 0.6) is 11.5 Å². The first-order valence-electron chi connectivity index (χ1n) is 10.7. The smallest absolute Gasteiger partial charge is 0.246 e. The SMILES string of the molecule is O=C(C=Cc1ccc(Sc2ccc3c(c2)OCCO3)c(Cl)c1)N1CCCC(c2nnn[nH]2)C1. The molecule has 0 spiro atoms. The van der Waals surface area contributed by atoms with Crippen molar-refractivity contribution in [1.82, 2.24) is 25.5 Å². The number of likely N-dealkylation sites (tertiary alicyclic amines) is 1. The van der Waals surface area contributed by atoms with Crippen LogP contribution in [0.1, 0.15) is 30.1 Å². The second-order valence-electron chi connectivity index (χ2n) is 7.84. The predicted octanol–water partition coefficient (Wildman–Crippen LogP) is 4.19. The number of tetrazole rings is 1. The average molecular weight is 484 g/mol. The number of hydrogen-bond acceptors (Lipinski definition) is 7. The summed E-state index contributed by atoms with van der Waals surface area (Å²) < 4.78 is 11.2. The summed E-state index contributed by atoms with van der Waals surface area (Å²) in [5, 5.41) is 14.7. The summed E-state index contributed by atoms with van der Waals surface area (Å²) in [6.45, 7) is 2.45. The average Bonchev–Trinajstić information content (AvgIpc) is 3.39. The van der Waals surface area contributed by atoms with Gasteiger partial charge in [0.15, 0.2) is 17.3 Å². The molecule has 1 aromatic heterocycles. The lowest BCUT2D eigenvalue weighted by Crippen LogP contribution is -2.38. The van der Waals surface area contributed by atoms with Crippen LogP contribution in [0.2, 0.25) is 5.02 Å². The van der Waals surface area contributed by atoms with E-state index in [1.165, 1.54) is 0 Å². The molecule has 5 rings (SSSR count). The number of carbonyl (C=O) groups excluding carboxylic acids is 1. The number of aromatic amines is 1. The fraction of sp³-hybridized carbons (Fsp3) is 0.304. The number of H-pyrrole nitrogens is 1. The molecule has 1 N–H and O–H groups in total. The fourth-order valence-corrected chi connectivity index (χ4v) is 5.08. The summed E-state index contributed by atoms with van der Waals surface area (Å²) in [7, 11) is 0. The maximum Gasteiger partial charge on any atom is 0.246 e. The van der Waals surface area contributed by atoms with E-state index in [1.54, 1.807) is 23.9 Å². The van der Waals surface area contributed by atoms with E-state index in [1.807, 2.05) is 41.3 Å². The Hall–Kier alpha value is -3.04. The van der Waals surface area contributed by atoms with E-state index in [4.69, 9.17) is 21.1 Å². The van der Waals surface area contributed by atoms with E-state index >= 15 is 0 Å². The minimum Gasteiger partial charge on any atom is -0.486 e. The van der Waals surface area contributed by atoms with E-state index in [9.17, 15) is 4.79 Å². The van der Waals surface area contributed by atoms with Crippen LogP contribution in [0.3, 0.4) is 0 Å². The lowest BCUT2D eigenvalue weighted by atomic mass is 9.97. The van der Waals surface area contributed by atoms with Gasteiger partial charge in [-0.3, -0.25) is 4.79 Å². The zero-order chi connectivity index (χ0) is 22.6. The van der Waals surface area contributed by atoms with Crippen LogP contribution < -0.4 is 9.47 Å². The highest BCUT2D eigenvalue weighted by Gasteiger charge is 2.25. The topological polar surface area (TPSA) is 93.2 Å². The second-order valence-corrected chi connectivity index (χ2v) is 9.36. The van der Waals surface area contributed by atoms with Crippen LogP contribution in [-0.2, 0) is 4.79 Å². The van der Waals surface area contributed by atoms with Gasteiger partial charge in [-0.15, -0.1) is 5.10 Å². The number of aromatic nitrogens is 4. The Morgan fingerprint density at radius 1 is 1.18 bits per heavy atom. The standard InChI is InChI=1S/C23H22ClN5O3S/c24-18-12-15(3-7-21(18)33-17-5-6-19-20(13-17)32-11-10-31-19)4-8-22(30)29-9-1-2-16(14-29)23-25-27-28-26-23/h3-8,12-13,16H,1-2,9-11,14H2,(H,25,26,27,28). The van der Waals surface area contributed by atoms with Gasteiger partial charge in [0.2, 0.25) is 5.91 Å². The van der Waals surface area contributed by atoms with Crippen LogP contribution in [0.25, 0.3) is 6.08 Å². The van der Waals surface area contributed by atoms with Gasteiger partial charge >= 0.3 is 0 Å². The molecule has 10 heteroatoms. The molecule has 2 aliphatic heterocycles. The number of benzene rings is 2. The van der Waals surface area contributed by atoms with Crippen LogP contribution in [-0.4, -0.2) is 57.7 Å². The van der Waals surface area contributed by atoms with E-state index in [0.717, 1.165) is 52.1 Å². The van der Waals surface area contributed by atoms with E-state index in [2.05, 4.69) is 20.6 Å². The largest absolute Gasteiger partial charge is 0.486 e. The van der Waals surface area contributed by atoms with Gasteiger partial charge in [-0.05, 0) is 65.2 Å². The number of hydrogen-bond donors (Lipinski definition) is 1. The Morgan fingerprint density at radius 2 is 2.06 bits per heavy atom. The molecule has 0 aliphatic carbocycles. The molecule has 3 aromatic rings. The molecular weight excluding hydrogens is 462 g/mol. The van der Waals surface area contributed by atoms with Crippen LogP contribution in [0.4, 0.5) is 0 Å². The first-order valence-corrected chi connectivity index (χ1v) is 11.9. The molecule has 0 radical (unpaired) electrons. The summed E-state index contributed by atoms with van der Waals surface area (Å²) in [6, 6.07) is 11.6. The normalized spacial score (nSPS) is 18.0. The third kappa shape index (κ3) is 5.15. The van der Waals surface area contributed by atoms with Crippen molar-refractivity contribution in [3.05, 3.63) is 58.9 Å². The summed E-state index contributed by atoms with van der Waals surface area (Å²) in [5.74, 6) is 2.35. The number of nitrogens with one attached hydrogen (secondary N) is 1. The highest BCUT2D eigenvalue weighted by molar-refractivity contribution is 7.99. The first kappa shape index (κ1) is 21.8. The van der Waals surface area contributed by atoms with Gasteiger partial charge in [0.05, 0.1) is 5.02 Å². The van der Waals surface area contributed by atoms with Crippen LogP contribution in [0.15, 0.2) is 52.3 Å². The highest BCUT2D eigenvalue weighted by atomic mass is 35.5. The molecule has 1 amide bonds. The second kappa shape index (κ2) is 9.84. The number of ether oxygens (including phenoxy) is 2. The quantitative estimate of drug-likeness (QED) is 0.543. The van der Waals surface area contributed by atoms with Crippen molar-refractivity contribution in [1.29, 1.82) is 0 Å². The first-order chi connectivity index (χ1) is 16.2. The number of carbonyl (C=O) groups is 1. The third-order valence-corrected chi connectivity index (χ3v) is 7.09. The molecule has 33 heavy (non-hydrogen) atoms. The Kier molecular flexibility index (Phi) is 6.50. The minimum absolute atomic E-state index is 0.0296. The lowest BCUT2D eigenvalue weighted by molar-refractivity contribution is -0.127. The molecule has 170 valence electrons. The van der Waals surface area contributed by atoms with Gasteiger partial charge in [0.1, 0.15) is 13.2 Å². The van der Waals surface area contributed by atoms with Gasteiger partial charge in [-0.1, -0.05) is 29.4 Å². The van der Waals surface area contributed by atoms with Crippen molar-refractivity contribution in [2.24, 2.45) is 0 Å². The zero-order valence-electron chi connectivity index (χ0n) is 17.7. The lowest BCUT2D eigenvalue weighted by Gasteiger charge is -2.30. The molecule has 0 saturated carbocycles. The van der Waals surface area contributed by atoms with Crippen LogP contribution >= 0.6 is 23.4 Å². The molecular formula is C23H22ClN5O3S. The van der Waals surface area contributed by atoms with E-state index < -0.39 is 0 Å².